The van der Waals surface area contributed by atoms with Crippen LogP contribution >= 0.6 is 31.9 Å². The minimum atomic E-state index is 0.331. The van der Waals surface area contributed by atoms with Crippen LogP contribution in [0.4, 0.5) is 0 Å². The third-order valence-corrected chi connectivity index (χ3v) is 1.95. The highest BCUT2D eigenvalue weighted by Gasteiger charge is 1.95. The van der Waals surface area contributed by atoms with Gasteiger partial charge in [0.25, 0.3) is 0 Å². The average Bonchev–Trinajstić information content (AvgIpc) is 1.96. The molecule has 0 saturated heterocycles. The van der Waals surface area contributed by atoms with Gasteiger partial charge in [-0.15, -0.1) is 0 Å². The van der Waals surface area contributed by atoms with E-state index in [0.29, 0.717) is 5.75 Å². The van der Waals surface area contributed by atoms with Crippen molar-refractivity contribution in [3.05, 3.63) is 32.7 Å². The largest absolute Gasteiger partial charge is 0.508 e. The molecule has 0 aliphatic carbocycles. The minimum absolute atomic E-state index is 0.331. The molecule has 0 amide bonds. The van der Waals surface area contributed by atoms with Gasteiger partial charge in [0.2, 0.25) is 0 Å². The second kappa shape index (κ2) is 4.10. The lowest BCUT2D eigenvalue weighted by molar-refractivity contribution is 0.471. The van der Waals surface area contributed by atoms with E-state index in [1.54, 1.807) is 6.07 Å². The number of phenols is 1. The highest BCUT2D eigenvalue weighted by molar-refractivity contribution is 9.28. The van der Waals surface area contributed by atoms with Gasteiger partial charge < -0.3 is 5.11 Å². The predicted molar refractivity (Wildman–Crippen MR) is 58.7 cm³/mol. The van der Waals surface area contributed by atoms with Gasteiger partial charge in [-0.25, -0.2) is 0 Å². The van der Waals surface area contributed by atoms with E-state index in [9.17, 15) is 5.11 Å². The monoisotopic (exact) mass is 290 g/mol. The van der Waals surface area contributed by atoms with Crippen LogP contribution in [0.1, 0.15) is 11.1 Å². The quantitative estimate of drug-likeness (QED) is 0.835. The summed E-state index contributed by atoms with van der Waals surface area (Å²) in [6.45, 7) is 1.87. The molecule has 0 spiro atoms. The Morgan fingerprint density at radius 2 is 2.08 bits per heavy atom. The lowest BCUT2D eigenvalue weighted by Gasteiger charge is -1.99. The number of hydrogen-bond acceptors (Lipinski definition) is 1. The first kappa shape index (κ1) is 9.81. The van der Waals surface area contributed by atoms with E-state index in [-0.39, 0.29) is 0 Å². The molecule has 0 radical (unpaired) electrons. The van der Waals surface area contributed by atoms with E-state index in [1.807, 2.05) is 25.1 Å². The van der Waals surface area contributed by atoms with Crippen molar-refractivity contribution in [2.75, 3.05) is 0 Å². The maximum atomic E-state index is 9.23. The van der Waals surface area contributed by atoms with E-state index in [1.165, 1.54) is 0 Å². The van der Waals surface area contributed by atoms with Gasteiger partial charge in [0.1, 0.15) is 5.75 Å². The van der Waals surface area contributed by atoms with Gasteiger partial charge in [0.15, 0.2) is 0 Å². The Morgan fingerprint density at radius 1 is 1.42 bits per heavy atom. The first-order valence-electron chi connectivity index (χ1n) is 3.42. The smallest absolute Gasteiger partial charge is 0.118 e. The van der Waals surface area contributed by atoms with Crippen molar-refractivity contribution in [3.8, 4) is 5.75 Å². The lowest BCUT2D eigenvalue weighted by atomic mass is 10.1. The fourth-order valence-electron chi connectivity index (χ4n) is 0.894. The second-order valence-electron chi connectivity index (χ2n) is 2.48. The van der Waals surface area contributed by atoms with Crippen LogP contribution in [0.3, 0.4) is 0 Å². The average molecular weight is 292 g/mol. The number of benzene rings is 1. The van der Waals surface area contributed by atoms with Crippen molar-refractivity contribution in [2.24, 2.45) is 0 Å². The molecular formula is C9H8Br2O. The summed E-state index contributed by atoms with van der Waals surface area (Å²) in [4.78, 5) is 0. The number of phenolic OH excluding ortho intramolecular Hbond substituents is 1. The molecule has 0 atom stereocenters. The lowest BCUT2D eigenvalue weighted by Crippen LogP contribution is -1.76. The van der Waals surface area contributed by atoms with Crippen molar-refractivity contribution in [1.29, 1.82) is 0 Å². The summed E-state index contributed by atoms with van der Waals surface area (Å²) in [6.07, 6.45) is 1.92. The van der Waals surface area contributed by atoms with Gasteiger partial charge in [0, 0.05) is 0 Å². The summed E-state index contributed by atoms with van der Waals surface area (Å²) in [5.41, 5.74) is 1.93. The second-order valence-corrected chi connectivity index (χ2v) is 5.25. The molecule has 1 N–H and O–H groups in total. The molecule has 1 aromatic rings. The van der Waals surface area contributed by atoms with Crippen LogP contribution in [-0.4, -0.2) is 5.11 Å². The molecule has 0 bridgehead atoms. The molecule has 0 aromatic heterocycles. The van der Waals surface area contributed by atoms with Crippen molar-refractivity contribution in [1.82, 2.24) is 0 Å². The van der Waals surface area contributed by atoms with Gasteiger partial charge in [0.05, 0.1) is 3.39 Å². The SMILES string of the molecule is Cc1cc(C=C(Br)Br)ccc1O. The maximum absolute atomic E-state index is 9.23. The first-order valence-corrected chi connectivity index (χ1v) is 5.00. The summed E-state index contributed by atoms with van der Waals surface area (Å²) in [5.74, 6) is 0.331. The zero-order chi connectivity index (χ0) is 9.14. The Balaban J connectivity index is 3.05. The summed E-state index contributed by atoms with van der Waals surface area (Å²) >= 11 is 6.54. The van der Waals surface area contributed by atoms with Crippen molar-refractivity contribution in [2.45, 2.75) is 6.92 Å². The third kappa shape index (κ3) is 2.64. The number of aromatic hydroxyl groups is 1. The van der Waals surface area contributed by atoms with E-state index in [0.717, 1.165) is 14.5 Å². The summed E-state index contributed by atoms with van der Waals surface area (Å²) in [5, 5.41) is 9.23. The Morgan fingerprint density at radius 3 is 2.58 bits per heavy atom. The zero-order valence-electron chi connectivity index (χ0n) is 6.51. The predicted octanol–water partition coefficient (Wildman–Crippen LogP) is 3.79. The van der Waals surface area contributed by atoms with Crippen molar-refractivity contribution >= 4 is 37.9 Å². The molecule has 0 fully saturated rings. The van der Waals surface area contributed by atoms with Gasteiger partial charge in [-0.05, 0) is 68.1 Å². The molecule has 0 aliphatic rings. The van der Waals surface area contributed by atoms with E-state index >= 15 is 0 Å². The van der Waals surface area contributed by atoms with E-state index in [4.69, 9.17) is 0 Å². The Bertz CT molecular complexity index is 314. The molecule has 3 heteroatoms. The first-order chi connectivity index (χ1) is 5.59. The maximum Gasteiger partial charge on any atom is 0.118 e. The standard InChI is InChI=1S/C9H8Br2O/c1-6-4-7(5-9(10)11)2-3-8(6)12/h2-5,12H,1H3. The van der Waals surface area contributed by atoms with Crippen LogP contribution < -0.4 is 0 Å². The van der Waals surface area contributed by atoms with Crippen LogP contribution in [-0.2, 0) is 0 Å². The summed E-state index contributed by atoms with van der Waals surface area (Å²) < 4.78 is 0.889. The summed E-state index contributed by atoms with van der Waals surface area (Å²) in [6, 6.07) is 5.45. The molecule has 1 rings (SSSR count). The Kier molecular flexibility index (Phi) is 3.35. The summed E-state index contributed by atoms with van der Waals surface area (Å²) in [7, 11) is 0. The molecule has 0 unspecified atom stereocenters. The molecular weight excluding hydrogens is 284 g/mol. The number of hydrogen-bond donors (Lipinski definition) is 1. The van der Waals surface area contributed by atoms with Gasteiger partial charge in [-0.1, -0.05) is 6.07 Å². The Labute approximate surface area is 88.4 Å². The molecule has 0 aliphatic heterocycles. The minimum Gasteiger partial charge on any atom is -0.508 e. The van der Waals surface area contributed by atoms with Crippen molar-refractivity contribution in [3.63, 3.8) is 0 Å². The molecule has 64 valence electrons. The number of aryl methyl sites for hydroxylation is 1. The van der Waals surface area contributed by atoms with Crippen LogP contribution in [0.25, 0.3) is 6.08 Å². The third-order valence-electron chi connectivity index (χ3n) is 1.50. The topological polar surface area (TPSA) is 20.2 Å². The molecule has 0 heterocycles. The van der Waals surface area contributed by atoms with Gasteiger partial charge in [-0.2, -0.15) is 0 Å². The molecule has 12 heavy (non-hydrogen) atoms. The Hall–Kier alpha value is -0.280. The van der Waals surface area contributed by atoms with Crippen LogP contribution in [0.5, 0.6) is 5.75 Å². The number of rotatable bonds is 1. The van der Waals surface area contributed by atoms with E-state index in [2.05, 4.69) is 31.9 Å². The van der Waals surface area contributed by atoms with Gasteiger partial charge >= 0.3 is 0 Å². The molecule has 0 saturated carbocycles. The molecule has 1 aromatic carbocycles. The number of halogens is 2. The fraction of sp³-hybridized carbons (Fsp3) is 0.111. The van der Waals surface area contributed by atoms with E-state index < -0.39 is 0 Å². The highest BCUT2D eigenvalue weighted by atomic mass is 79.9. The van der Waals surface area contributed by atoms with Crippen LogP contribution in [0, 0.1) is 6.92 Å². The fourth-order valence-corrected chi connectivity index (χ4v) is 1.42. The zero-order valence-corrected chi connectivity index (χ0v) is 9.68. The van der Waals surface area contributed by atoms with Crippen LogP contribution in [0.15, 0.2) is 21.6 Å². The van der Waals surface area contributed by atoms with Gasteiger partial charge in [-0.3, -0.25) is 0 Å². The van der Waals surface area contributed by atoms with Crippen molar-refractivity contribution < 1.29 is 5.11 Å². The highest BCUT2D eigenvalue weighted by Crippen LogP contribution is 2.22. The molecule has 1 nitrogen and oxygen atoms in total. The van der Waals surface area contributed by atoms with Crippen LogP contribution in [0.2, 0.25) is 0 Å². The normalized spacial score (nSPS) is 9.58.